The van der Waals surface area contributed by atoms with Gasteiger partial charge in [-0.05, 0) is 44.2 Å². The number of unbranched alkanes of at least 4 members (excludes halogenated alkanes) is 1. The molecule has 0 spiro atoms. The Kier molecular flexibility index (Phi) is 16.5. The predicted octanol–water partition coefficient (Wildman–Crippen LogP) is 8.13. The minimum Gasteiger partial charge on any atom is -0.316 e. The van der Waals surface area contributed by atoms with Crippen LogP contribution in [-0.2, 0) is 0 Å². The van der Waals surface area contributed by atoms with Crippen LogP contribution in [-0.4, -0.2) is 22.6 Å². The van der Waals surface area contributed by atoms with Gasteiger partial charge in [0.15, 0.2) is 0 Å². The first-order chi connectivity index (χ1) is 15.2. The first kappa shape index (κ1) is 28.2. The lowest BCUT2D eigenvalue weighted by molar-refractivity contribution is 0.415. The largest absolute Gasteiger partial charge is 0.316 e. The Morgan fingerprint density at radius 2 is 1.48 bits per heavy atom. The van der Waals surface area contributed by atoms with Gasteiger partial charge in [-0.2, -0.15) is 0 Å². The number of benzene rings is 1. The molecule has 0 saturated heterocycles. The third-order valence-corrected chi connectivity index (χ3v) is 4.72. The maximum absolute atomic E-state index is 7.47. The fraction of sp³-hybridized carbons (Fsp3) is 0.444. The Morgan fingerprint density at radius 1 is 0.935 bits per heavy atom. The number of nitrogens with one attached hydrogen (secondary N) is 2. The molecule has 1 aromatic carbocycles. The molecule has 2 N–H and O–H groups in total. The lowest BCUT2D eigenvalue weighted by atomic mass is 10.0. The average molecular weight is 423 g/mol. The predicted molar refractivity (Wildman–Crippen MR) is 137 cm³/mol. The van der Waals surface area contributed by atoms with Gasteiger partial charge in [-0.1, -0.05) is 89.1 Å². The Labute approximate surface area is 190 Å². The van der Waals surface area contributed by atoms with Crippen molar-refractivity contribution in [2.45, 2.75) is 73.3 Å². The number of hydrogen-bond donors (Lipinski definition) is 2. The van der Waals surface area contributed by atoms with Crippen LogP contribution in [0, 0.1) is 16.7 Å². The van der Waals surface area contributed by atoms with Crippen molar-refractivity contribution in [3.05, 3.63) is 66.4 Å². The summed E-state index contributed by atoms with van der Waals surface area (Å²) >= 11 is 0. The zero-order chi connectivity index (χ0) is 23.5. The fourth-order valence-corrected chi connectivity index (χ4v) is 2.66. The molecular weight excluding hydrogens is 380 g/mol. The topological polar surface area (TPSA) is 63.8 Å². The first-order valence-electron chi connectivity index (χ1n) is 11.5. The monoisotopic (exact) mass is 422 g/mol. The Morgan fingerprint density at radius 3 is 1.84 bits per heavy atom. The third kappa shape index (κ3) is 10.7. The van der Waals surface area contributed by atoms with Gasteiger partial charge < -0.3 is 4.90 Å². The second-order valence-corrected chi connectivity index (χ2v) is 7.00. The summed E-state index contributed by atoms with van der Waals surface area (Å²) < 4.78 is 0. The minimum absolute atomic E-state index is 0.0670. The van der Waals surface area contributed by atoms with Crippen LogP contribution >= 0.6 is 0 Å². The summed E-state index contributed by atoms with van der Waals surface area (Å²) in [6, 6.07) is 14.2. The zero-order valence-corrected chi connectivity index (χ0v) is 20.3. The van der Waals surface area contributed by atoms with Crippen LogP contribution in [0.15, 0.2) is 60.8 Å². The van der Waals surface area contributed by atoms with E-state index in [0.29, 0.717) is 5.92 Å². The SMILES string of the molecule is C/C=C\C.CC.CCCC.N=CN(C=N)C(c1ccc(-c2ccccc2)nc1)C1CC1. The molecule has 1 aromatic heterocycles. The zero-order valence-electron chi connectivity index (χ0n) is 20.3. The van der Waals surface area contributed by atoms with Gasteiger partial charge in [0.1, 0.15) is 0 Å². The second kappa shape index (κ2) is 18.1. The van der Waals surface area contributed by atoms with E-state index in [1.54, 1.807) is 4.90 Å². The fourth-order valence-electron chi connectivity index (χ4n) is 2.66. The van der Waals surface area contributed by atoms with Crippen molar-refractivity contribution in [3.63, 3.8) is 0 Å². The van der Waals surface area contributed by atoms with Crippen molar-refractivity contribution in [3.8, 4) is 11.3 Å². The normalized spacial score (nSPS) is 12.7. The van der Waals surface area contributed by atoms with Crippen LogP contribution in [0.3, 0.4) is 0 Å². The van der Waals surface area contributed by atoms with Crippen molar-refractivity contribution in [1.82, 2.24) is 9.88 Å². The molecule has 31 heavy (non-hydrogen) atoms. The molecule has 0 aliphatic heterocycles. The molecule has 1 atom stereocenters. The van der Waals surface area contributed by atoms with Gasteiger partial charge in [0.05, 0.1) is 24.4 Å². The van der Waals surface area contributed by atoms with Crippen LogP contribution in [0.25, 0.3) is 11.3 Å². The lowest BCUT2D eigenvalue weighted by Gasteiger charge is -2.25. The highest BCUT2D eigenvalue weighted by Gasteiger charge is 2.35. The summed E-state index contributed by atoms with van der Waals surface area (Å²) in [5, 5.41) is 14.9. The van der Waals surface area contributed by atoms with E-state index in [4.69, 9.17) is 10.8 Å². The van der Waals surface area contributed by atoms with Gasteiger partial charge in [0, 0.05) is 11.8 Å². The summed E-state index contributed by atoms with van der Waals surface area (Å²) in [4.78, 5) is 6.20. The number of rotatable bonds is 7. The molecule has 170 valence electrons. The number of pyridine rings is 1. The van der Waals surface area contributed by atoms with E-state index in [1.165, 1.54) is 25.5 Å². The standard InChI is InChI=1S/C17H18N4.C4H10.C4H8.C2H6/c18-11-21(12-19)17(14-6-7-14)15-8-9-16(20-10-15)13-4-2-1-3-5-13;2*1-3-4-2;1-2/h1-5,8-12,14,17-19H,6-7H2;3-4H2,1-2H3;3-4H,1-2H3;1-2H3/b;;4-3-;. The van der Waals surface area contributed by atoms with Crippen molar-refractivity contribution < 1.29 is 0 Å². The molecule has 1 heterocycles. The first-order valence-corrected chi connectivity index (χ1v) is 11.5. The molecule has 2 aromatic rings. The Balaban J connectivity index is 0.000000767. The van der Waals surface area contributed by atoms with E-state index >= 15 is 0 Å². The van der Waals surface area contributed by atoms with E-state index in [2.05, 4.69) is 24.9 Å². The maximum atomic E-state index is 7.47. The molecule has 0 amide bonds. The highest BCUT2D eigenvalue weighted by atomic mass is 15.2. The molecule has 1 unspecified atom stereocenters. The van der Waals surface area contributed by atoms with Gasteiger partial charge in [0.2, 0.25) is 0 Å². The summed E-state index contributed by atoms with van der Waals surface area (Å²) in [6.07, 6.45) is 13.3. The van der Waals surface area contributed by atoms with E-state index in [1.807, 2.05) is 82.4 Å². The highest BCUT2D eigenvalue weighted by molar-refractivity contribution is 5.73. The Bertz CT molecular complexity index is 705. The number of allylic oxidation sites excluding steroid dienone is 2. The van der Waals surface area contributed by atoms with Crippen molar-refractivity contribution in [1.29, 1.82) is 10.8 Å². The summed E-state index contributed by atoms with van der Waals surface area (Å²) in [6.45, 7) is 12.4. The summed E-state index contributed by atoms with van der Waals surface area (Å²) in [5.41, 5.74) is 3.12. The molecule has 1 saturated carbocycles. The smallest absolute Gasteiger partial charge is 0.0874 e. The lowest BCUT2D eigenvalue weighted by Crippen LogP contribution is -2.27. The van der Waals surface area contributed by atoms with E-state index in [-0.39, 0.29) is 6.04 Å². The van der Waals surface area contributed by atoms with Crippen LogP contribution in [0.1, 0.15) is 78.8 Å². The van der Waals surface area contributed by atoms with Gasteiger partial charge in [-0.15, -0.1) is 0 Å². The number of nitrogens with zero attached hydrogens (tertiary/aromatic N) is 2. The molecule has 4 heteroatoms. The molecule has 3 rings (SSSR count). The summed E-state index contributed by atoms with van der Waals surface area (Å²) in [7, 11) is 0. The van der Waals surface area contributed by atoms with Crippen LogP contribution < -0.4 is 0 Å². The van der Waals surface area contributed by atoms with E-state index in [0.717, 1.165) is 29.7 Å². The molecule has 4 nitrogen and oxygen atoms in total. The minimum atomic E-state index is 0.0670. The van der Waals surface area contributed by atoms with Crippen LogP contribution in [0.4, 0.5) is 0 Å². The average Bonchev–Trinajstić information content (AvgIpc) is 3.70. The van der Waals surface area contributed by atoms with Gasteiger partial charge in [-0.3, -0.25) is 15.8 Å². The van der Waals surface area contributed by atoms with Gasteiger partial charge in [-0.25, -0.2) is 0 Å². The molecule has 0 radical (unpaired) electrons. The number of aromatic nitrogens is 1. The van der Waals surface area contributed by atoms with Crippen molar-refractivity contribution in [2.75, 3.05) is 0 Å². The van der Waals surface area contributed by atoms with Crippen molar-refractivity contribution in [2.24, 2.45) is 5.92 Å². The van der Waals surface area contributed by atoms with Gasteiger partial charge in [0.25, 0.3) is 0 Å². The number of hydrogen-bond acceptors (Lipinski definition) is 3. The maximum Gasteiger partial charge on any atom is 0.0874 e. The quantitative estimate of drug-likeness (QED) is 0.269. The second-order valence-electron chi connectivity index (χ2n) is 7.00. The molecule has 1 aliphatic rings. The molecular formula is C27H42N4. The molecule has 1 fully saturated rings. The molecule has 0 bridgehead atoms. The van der Waals surface area contributed by atoms with E-state index in [9.17, 15) is 0 Å². The third-order valence-electron chi connectivity index (χ3n) is 4.72. The van der Waals surface area contributed by atoms with Gasteiger partial charge >= 0.3 is 0 Å². The van der Waals surface area contributed by atoms with Crippen LogP contribution in [0.5, 0.6) is 0 Å². The van der Waals surface area contributed by atoms with Crippen LogP contribution in [0.2, 0.25) is 0 Å². The summed E-state index contributed by atoms with van der Waals surface area (Å²) in [5.74, 6) is 0.526. The van der Waals surface area contributed by atoms with E-state index < -0.39 is 0 Å². The molecule has 1 aliphatic carbocycles. The highest BCUT2D eigenvalue weighted by Crippen LogP contribution is 2.43. The van der Waals surface area contributed by atoms with Crippen molar-refractivity contribution >= 4 is 12.7 Å². The Hall–Kier alpha value is -2.75.